The molecule has 2 aromatic carbocycles. The predicted octanol–water partition coefficient (Wildman–Crippen LogP) is 3.71. The van der Waals surface area contributed by atoms with Gasteiger partial charge in [0.2, 0.25) is 11.8 Å². The molecule has 1 saturated heterocycles. The van der Waals surface area contributed by atoms with Crippen LogP contribution in [-0.2, 0) is 15.8 Å². The first kappa shape index (κ1) is 18.8. The number of nitrogens with one attached hydrogen (secondary N) is 1. The predicted molar refractivity (Wildman–Crippen MR) is 93.5 cm³/mol. The Hall–Kier alpha value is -3.03. The van der Waals surface area contributed by atoms with Crippen LogP contribution < -0.4 is 15.0 Å². The Labute approximate surface area is 153 Å². The maximum absolute atomic E-state index is 12.7. The number of carbonyl (C=O) groups excluding carboxylic acids is 2. The van der Waals surface area contributed by atoms with Gasteiger partial charge in [0.15, 0.2) is 0 Å². The van der Waals surface area contributed by atoms with E-state index >= 15 is 0 Å². The van der Waals surface area contributed by atoms with E-state index < -0.39 is 17.7 Å². The van der Waals surface area contributed by atoms with Gasteiger partial charge < -0.3 is 15.0 Å². The molecule has 1 atom stereocenters. The van der Waals surface area contributed by atoms with Crippen molar-refractivity contribution < 1.29 is 27.5 Å². The highest BCUT2D eigenvalue weighted by Gasteiger charge is 2.36. The van der Waals surface area contributed by atoms with Crippen LogP contribution >= 0.6 is 0 Å². The Balaban J connectivity index is 1.70. The summed E-state index contributed by atoms with van der Waals surface area (Å²) in [5.41, 5.74) is 0.0365. The monoisotopic (exact) mass is 378 g/mol. The van der Waals surface area contributed by atoms with Gasteiger partial charge in [0.1, 0.15) is 5.75 Å². The Kier molecular flexibility index (Phi) is 5.07. The van der Waals surface area contributed by atoms with Crippen LogP contribution in [0.1, 0.15) is 12.0 Å². The van der Waals surface area contributed by atoms with Crippen LogP contribution in [-0.4, -0.2) is 25.5 Å². The minimum absolute atomic E-state index is 0.0119. The molecule has 3 rings (SSSR count). The fourth-order valence-electron chi connectivity index (χ4n) is 2.95. The van der Waals surface area contributed by atoms with E-state index in [0.29, 0.717) is 17.1 Å². The number of benzene rings is 2. The third-order valence-electron chi connectivity index (χ3n) is 4.37. The number of ether oxygens (including phenoxy) is 1. The van der Waals surface area contributed by atoms with Crippen LogP contribution in [0, 0.1) is 5.92 Å². The number of alkyl halides is 3. The highest BCUT2D eigenvalue weighted by Crippen LogP contribution is 2.32. The van der Waals surface area contributed by atoms with E-state index in [2.05, 4.69) is 5.32 Å². The van der Waals surface area contributed by atoms with E-state index in [1.54, 1.807) is 24.3 Å². The maximum atomic E-state index is 12.7. The highest BCUT2D eigenvalue weighted by molar-refractivity contribution is 6.03. The second kappa shape index (κ2) is 7.30. The molecule has 2 amide bonds. The van der Waals surface area contributed by atoms with Crippen LogP contribution in [0.5, 0.6) is 5.75 Å². The second-order valence-electron chi connectivity index (χ2n) is 6.14. The normalized spacial score (nSPS) is 17.1. The SMILES string of the molecule is COc1ccccc1NC(=O)C1CC(=O)N(c2ccc(C(F)(F)F)cc2)C1. The molecule has 1 aliphatic rings. The minimum atomic E-state index is -4.44. The molecule has 0 spiro atoms. The lowest BCUT2D eigenvalue weighted by atomic mass is 10.1. The number of para-hydroxylation sites is 2. The molecule has 0 saturated carbocycles. The Morgan fingerprint density at radius 2 is 1.81 bits per heavy atom. The van der Waals surface area contributed by atoms with Crippen LogP contribution in [0.3, 0.4) is 0 Å². The van der Waals surface area contributed by atoms with Crippen molar-refractivity contribution in [3.8, 4) is 5.75 Å². The van der Waals surface area contributed by atoms with Crippen molar-refractivity contribution >= 4 is 23.2 Å². The van der Waals surface area contributed by atoms with Gasteiger partial charge in [-0.2, -0.15) is 13.2 Å². The molecular formula is C19H17F3N2O3. The zero-order chi connectivity index (χ0) is 19.6. The lowest BCUT2D eigenvalue weighted by Gasteiger charge is -2.18. The number of halogens is 3. The topological polar surface area (TPSA) is 58.6 Å². The van der Waals surface area contributed by atoms with Crippen molar-refractivity contribution in [3.05, 3.63) is 54.1 Å². The first-order valence-corrected chi connectivity index (χ1v) is 8.21. The van der Waals surface area contributed by atoms with Gasteiger partial charge in [-0.15, -0.1) is 0 Å². The average molecular weight is 378 g/mol. The van der Waals surface area contributed by atoms with Gasteiger partial charge in [0.25, 0.3) is 0 Å². The quantitative estimate of drug-likeness (QED) is 0.883. The minimum Gasteiger partial charge on any atom is -0.495 e. The summed E-state index contributed by atoms with van der Waals surface area (Å²) in [6.45, 7) is 0.102. The molecule has 0 radical (unpaired) electrons. The highest BCUT2D eigenvalue weighted by atomic mass is 19.4. The molecule has 8 heteroatoms. The number of methoxy groups -OCH3 is 1. The molecule has 1 fully saturated rings. The summed E-state index contributed by atoms with van der Waals surface area (Å²) in [6.07, 6.45) is -4.45. The smallest absolute Gasteiger partial charge is 0.416 e. The van der Waals surface area contributed by atoms with Gasteiger partial charge in [-0.3, -0.25) is 9.59 Å². The van der Waals surface area contributed by atoms with Crippen LogP contribution in [0.15, 0.2) is 48.5 Å². The van der Waals surface area contributed by atoms with E-state index in [-0.39, 0.29) is 24.8 Å². The lowest BCUT2D eigenvalue weighted by Crippen LogP contribution is -2.28. The van der Waals surface area contributed by atoms with E-state index in [1.807, 2.05) is 0 Å². The summed E-state index contributed by atoms with van der Waals surface area (Å²) < 4.78 is 43.2. The van der Waals surface area contributed by atoms with Crippen LogP contribution in [0.2, 0.25) is 0 Å². The van der Waals surface area contributed by atoms with Gasteiger partial charge in [-0.1, -0.05) is 12.1 Å². The molecule has 2 aromatic rings. The van der Waals surface area contributed by atoms with Crippen LogP contribution in [0.4, 0.5) is 24.5 Å². The first-order chi connectivity index (χ1) is 12.8. The van der Waals surface area contributed by atoms with Crippen molar-refractivity contribution in [1.82, 2.24) is 0 Å². The molecule has 1 aliphatic heterocycles. The fraction of sp³-hybridized carbons (Fsp3) is 0.263. The number of hydrogen-bond donors (Lipinski definition) is 1. The fourth-order valence-corrected chi connectivity index (χ4v) is 2.95. The van der Waals surface area contributed by atoms with E-state index in [1.165, 1.54) is 24.1 Å². The number of hydrogen-bond acceptors (Lipinski definition) is 3. The molecule has 5 nitrogen and oxygen atoms in total. The third kappa shape index (κ3) is 4.05. The van der Waals surface area contributed by atoms with Gasteiger partial charge in [0, 0.05) is 18.7 Å². The summed E-state index contributed by atoms with van der Waals surface area (Å²) in [6, 6.07) is 11.2. The molecule has 1 heterocycles. The maximum Gasteiger partial charge on any atom is 0.416 e. The summed E-state index contributed by atoms with van der Waals surface area (Å²) in [5.74, 6) is -0.767. The lowest BCUT2D eigenvalue weighted by molar-refractivity contribution is -0.137. The number of rotatable bonds is 4. The first-order valence-electron chi connectivity index (χ1n) is 8.21. The third-order valence-corrected chi connectivity index (χ3v) is 4.37. The molecular weight excluding hydrogens is 361 g/mol. The molecule has 1 N–H and O–H groups in total. The number of carbonyl (C=O) groups is 2. The molecule has 27 heavy (non-hydrogen) atoms. The van der Waals surface area contributed by atoms with E-state index in [0.717, 1.165) is 12.1 Å². The van der Waals surface area contributed by atoms with Crippen molar-refractivity contribution in [2.24, 2.45) is 5.92 Å². The summed E-state index contributed by atoms with van der Waals surface area (Å²) in [4.78, 5) is 26.1. The zero-order valence-electron chi connectivity index (χ0n) is 14.4. The average Bonchev–Trinajstić information content (AvgIpc) is 3.03. The number of nitrogens with zero attached hydrogens (tertiary/aromatic N) is 1. The molecule has 0 bridgehead atoms. The van der Waals surface area contributed by atoms with Gasteiger partial charge in [-0.25, -0.2) is 0 Å². The Morgan fingerprint density at radius 1 is 1.15 bits per heavy atom. The molecule has 1 unspecified atom stereocenters. The summed E-state index contributed by atoms with van der Waals surface area (Å²) >= 11 is 0. The van der Waals surface area contributed by atoms with E-state index in [4.69, 9.17) is 4.74 Å². The number of anilines is 2. The molecule has 0 aromatic heterocycles. The summed E-state index contributed by atoms with van der Waals surface area (Å²) in [7, 11) is 1.48. The molecule has 0 aliphatic carbocycles. The summed E-state index contributed by atoms with van der Waals surface area (Å²) in [5, 5.41) is 2.73. The standard InChI is InChI=1S/C19H17F3N2O3/c1-27-16-5-3-2-4-15(16)23-18(26)12-10-17(25)24(11-12)14-8-6-13(7-9-14)19(20,21)22/h2-9,12H,10-11H2,1H3,(H,23,26). The Bertz CT molecular complexity index is 850. The number of amides is 2. The largest absolute Gasteiger partial charge is 0.495 e. The Morgan fingerprint density at radius 3 is 2.44 bits per heavy atom. The van der Waals surface area contributed by atoms with Crippen molar-refractivity contribution in [3.63, 3.8) is 0 Å². The van der Waals surface area contributed by atoms with Crippen LogP contribution in [0.25, 0.3) is 0 Å². The van der Waals surface area contributed by atoms with Crippen molar-refractivity contribution in [1.29, 1.82) is 0 Å². The van der Waals surface area contributed by atoms with Gasteiger partial charge in [0.05, 0.1) is 24.3 Å². The van der Waals surface area contributed by atoms with E-state index in [9.17, 15) is 22.8 Å². The zero-order valence-corrected chi connectivity index (χ0v) is 14.4. The molecule has 142 valence electrons. The van der Waals surface area contributed by atoms with Crippen molar-refractivity contribution in [2.45, 2.75) is 12.6 Å². The van der Waals surface area contributed by atoms with Gasteiger partial charge in [-0.05, 0) is 36.4 Å². The van der Waals surface area contributed by atoms with Crippen molar-refractivity contribution in [2.75, 3.05) is 23.9 Å². The second-order valence-corrected chi connectivity index (χ2v) is 6.14. The van der Waals surface area contributed by atoms with Gasteiger partial charge >= 0.3 is 6.18 Å².